The Morgan fingerprint density at radius 1 is 1.20 bits per heavy atom. The number of hydrogen-bond donors (Lipinski definition) is 1. The molecule has 1 aliphatic heterocycles. The molecule has 0 bridgehead atoms. The number of anilines is 1. The zero-order valence-electron chi connectivity index (χ0n) is 15.4. The van der Waals surface area contributed by atoms with E-state index in [0.717, 1.165) is 55.6 Å². The normalized spacial score (nSPS) is 22.1. The van der Waals surface area contributed by atoms with Gasteiger partial charge in [-0.2, -0.15) is 4.98 Å². The molecule has 1 unspecified atom stereocenters. The molecule has 1 fully saturated rings. The van der Waals surface area contributed by atoms with E-state index < -0.39 is 0 Å². The first kappa shape index (κ1) is 17.5. The molecule has 1 aliphatic carbocycles. The molecule has 2 aliphatic rings. The van der Waals surface area contributed by atoms with Crippen LogP contribution in [0.2, 0.25) is 5.28 Å². The second-order valence-corrected chi connectivity index (χ2v) is 9.82. The minimum atomic E-state index is 0.358. The molecule has 1 saturated heterocycles. The third kappa shape index (κ3) is 3.38. The summed E-state index contributed by atoms with van der Waals surface area (Å²) in [5.41, 5.74) is 1.85. The average molecular weight is 379 g/mol. The van der Waals surface area contributed by atoms with E-state index in [1.54, 1.807) is 0 Å². The summed E-state index contributed by atoms with van der Waals surface area (Å²) in [7, 11) is 0. The van der Waals surface area contributed by atoms with Gasteiger partial charge in [0.1, 0.15) is 10.6 Å². The number of aryl methyl sites for hydroxylation is 1. The van der Waals surface area contributed by atoms with Gasteiger partial charge in [-0.25, -0.2) is 4.98 Å². The smallest absolute Gasteiger partial charge is 0.225 e. The van der Waals surface area contributed by atoms with E-state index in [2.05, 4.69) is 41.0 Å². The highest BCUT2D eigenvalue weighted by Gasteiger charge is 2.32. The zero-order valence-corrected chi connectivity index (χ0v) is 16.9. The number of halogens is 1. The van der Waals surface area contributed by atoms with Crippen molar-refractivity contribution >= 4 is 39.0 Å². The molecule has 1 N–H and O–H groups in total. The van der Waals surface area contributed by atoms with E-state index in [4.69, 9.17) is 11.6 Å². The van der Waals surface area contributed by atoms with Crippen molar-refractivity contribution in [1.29, 1.82) is 0 Å². The summed E-state index contributed by atoms with van der Waals surface area (Å²) in [6.45, 7) is 11.2. The highest BCUT2D eigenvalue weighted by atomic mass is 35.5. The van der Waals surface area contributed by atoms with Gasteiger partial charge >= 0.3 is 0 Å². The third-order valence-corrected chi connectivity index (χ3v) is 7.04. The van der Waals surface area contributed by atoms with Crippen LogP contribution in [0.25, 0.3) is 10.2 Å². The molecule has 136 valence electrons. The quantitative estimate of drug-likeness (QED) is 0.751. The van der Waals surface area contributed by atoms with Gasteiger partial charge in [-0.05, 0) is 60.7 Å². The molecule has 3 heterocycles. The Labute approximate surface area is 159 Å². The van der Waals surface area contributed by atoms with Crippen LogP contribution in [0.5, 0.6) is 0 Å². The van der Waals surface area contributed by atoms with Crippen molar-refractivity contribution in [2.24, 2.45) is 11.3 Å². The largest absolute Gasteiger partial charge is 0.355 e. The summed E-state index contributed by atoms with van der Waals surface area (Å²) >= 11 is 8.13. The van der Waals surface area contributed by atoms with Crippen molar-refractivity contribution in [3.8, 4) is 0 Å². The van der Waals surface area contributed by atoms with Gasteiger partial charge in [-0.1, -0.05) is 20.8 Å². The predicted octanol–water partition coefficient (Wildman–Crippen LogP) is 4.30. The summed E-state index contributed by atoms with van der Waals surface area (Å²) in [6, 6.07) is 0. The third-order valence-electron chi connectivity index (χ3n) is 5.73. The van der Waals surface area contributed by atoms with Crippen molar-refractivity contribution in [2.75, 3.05) is 31.1 Å². The van der Waals surface area contributed by atoms with Gasteiger partial charge in [0.05, 0.1) is 5.39 Å². The first-order chi connectivity index (χ1) is 11.9. The topological polar surface area (TPSA) is 41.1 Å². The molecular weight excluding hydrogens is 352 g/mol. The number of aromatic nitrogens is 2. The fraction of sp³-hybridized carbons (Fsp3) is 0.684. The second-order valence-electron chi connectivity index (χ2n) is 8.40. The van der Waals surface area contributed by atoms with Crippen molar-refractivity contribution < 1.29 is 0 Å². The van der Waals surface area contributed by atoms with Crippen LogP contribution in [-0.2, 0) is 12.8 Å². The maximum atomic E-state index is 6.29. The van der Waals surface area contributed by atoms with E-state index in [0.29, 0.717) is 10.7 Å². The minimum absolute atomic E-state index is 0.358. The van der Waals surface area contributed by atoms with E-state index in [1.165, 1.54) is 28.7 Å². The van der Waals surface area contributed by atoms with Crippen LogP contribution < -0.4 is 10.2 Å². The lowest BCUT2D eigenvalue weighted by Gasteiger charge is -2.34. The number of nitrogens with zero attached hydrogens (tertiary/aromatic N) is 3. The van der Waals surface area contributed by atoms with Crippen molar-refractivity contribution in [3.63, 3.8) is 0 Å². The fourth-order valence-electron chi connectivity index (χ4n) is 4.16. The van der Waals surface area contributed by atoms with Gasteiger partial charge in [0, 0.05) is 24.5 Å². The summed E-state index contributed by atoms with van der Waals surface area (Å²) in [5.74, 6) is 1.80. The van der Waals surface area contributed by atoms with Crippen LogP contribution in [-0.4, -0.2) is 36.1 Å². The molecule has 0 spiro atoms. The first-order valence-electron chi connectivity index (χ1n) is 9.37. The fourth-order valence-corrected chi connectivity index (χ4v) is 5.67. The van der Waals surface area contributed by atoms with Crippen LogP contribution in [0.3, 0.4) is 0 Å². The monoisotopic (exact) mass is 378 g/mol. The Bertz CT molecular complexity index is 772. The molecule has 2 aromatic rings. The lowest BCUT2D eigenvalue weighted by atomic mass is 9.72. The van der Waals surface area contributed by atoms with Gasteiger partial charge in [-0.15, -0.1) is 11.3 Å². The van der Waals surface area contributed by atoms with E-state index >= 15 is 0 Å². The maximum absolute atomic E-state index is 6.29. The highest BCUT2D eigenvalue weighted by molar-refractivity contribution is 7.19. The molecule has 0 saturated carbocycles. The number of nitrogens with one attached hydrogen (secondary N) is 1. The number of thiophene rings is 1. The highest BCUT2D eigenvalue weighted by Crippen LogP contribution is 2.45. The van der Waals surface area contributed by atoms with Crippen molar-refractivity contribution in [2.45, 2.75) is 46.5 Å². The van der Waals surface area contributed by atoms with Crippen LogP contribution in [0.1, 0.15) is 44.1 Å². The van der Waals surface area contributed by atoms with Gasteiger partial charge in [-0.3, -0.25) is 0 Å². The summed E-state index contributed by atoms with van der Waals surface area (Å²) in [4.78, 5) is 14.2. The van der Waals surface area contributed by atoms with Crippen LogP contribution in [0, 0.1) is 11.3 Å². The Kier molecular flexibility index (Phi) is 4.67. The number of rotatable bonds is 1. The number of hydrogen-bond acceptors (Lipinski definition) is 5. The lowest BCUT2D eigenvalue weighted by molar-refractivity contribution is 0.218. The SMILES string of the molecule is CC(C)(C)C1CCc2c(sc3nc(Cl)nc(N4CCCNCC4)c23)C1. The Balaban J connectivity index is 1.79. The predicted molar refractivity (Wildman–Crippen MR) is 107 cm³/mol. The standard InChI is InChI=1S/C19H27ClN4S/c1-19(2,3)12-5-6-13-14(11-12)25-17-15(13)16(22-18(20)23-17)24-9-4-7-21-8-10-24/h12,21H,4-11H2,1-3H3. The minimum Gasteiger partial charge on any atom is -0.355 e. The van der Waals surface area contributed by atoms with Gasteiger partial charge in [0.2, 0.25) is 5.28 Å². The summed E-state index contributed by atoms with van der Waals surface area (Å²) in [5, 5.41) is 5.13. The zero-order chi connectivity index (χ0) is 17.6. The Hall–Kier alpha value is -0.910. The van der Waals surface area contributed by atoms with E-state index in [-0.39, 0.29) is 0 Å². The molecule has 0 amide bonds. The average Bonchev–Trinajstić information content (AvgIpc) is 2.72. The molecule has 0 aromatic carbocycles. The van der Waals surface area contributed by atoms with E-state index in [1.807, 2.05) is 11.3 Å². The Morgan fingerprint density at radius 3 is 2.84 bits per heavy atom. The number of fused-ring (bicyclic) bond motifs is 3. The molecule has 2 aromatic heterocycles. The first-order valence-corrected chi connectivity index (χ1v) is 10.6. The molecule has 1 atom stereocenters. The molecule has 4 nitrogen and oxygen atoms in total. The maximum Gasteiger partial charge on any atom is 0.225 e. The molecule has 25 heavy (non-hydrogen) atoms. The molecule has 0 radical (unpaired) electrons. The molecule has 4 rings (SSSR count). The van der Waals surface area contributed by atoms with Crippen molar-refractivity contribution in [3.05, 3.63) is 15.7 Å². The van der Waals surface area contributed by atoms with Crippen LogP contribution in [0.4, 0.5) is 5.82 Å². The van der Waals surface area contributed by atoms with Gasteiger partial charge < -0.3 is 10.2 Å². The molecular formula is C19H27ClN4S. The van der Waals surface area contributed by atoms with E-state index in [9.17, 15) is 0 Å². The van der Waals surface area contributed by atoms with Crippen LogP contribution >= 0.6 is 22.9 Å². The Morgan fingerprint density at radius 2 is 2.04 bits per heavy atom. The summed E-state index contributed by atoms with van der Waals surface area (Å²) < 4.78 is 0. The lowest BCUT2D eigenvalue weighted by Crippen LogP contribution is -2.29. The van der Waals surface area contributed by atoms with Crippen molar-refractivity contribution in [1.82, 2.24) is 15.3 Å². The van der Waals surface area contributed by atoms with Gasteiger partial charge in [0.25, 0.3) is 0 Å². The van der Waals surface area contributed by atoms with Crippen LogP contribution in [0.15, 0.2) is 0 Å². The molecule has 6 heteroatoms. The summed E-state index contributed by atoms with van der Waals surface area (Å²) in [6.07, 6.45) is 4.70. The van der Waals surface area contributed by atoms with Gasteiger partial charge in [0.15, 0.2) is 0 Å². The second kappa shape index (κ2) is 6.67.